The molecule has 29 heavy (non-hydrogen) atoms. The Morgan fingerprint density at radius 2 is 1.76 bits per heavy atom. The van der Waals surface area contributed by atoms with E-state index in [9.17, 15) is 9.18 Å². The summed E-state index contributed by atoms with van der Waals surface area (Å²) in [5.74, 6) is 0.347. The number of hydrogen-bond acceptors (Lipinski definition) is 3. The summed E-state index contributed by atoms with van der Waals surface area (Å²) in [6.07, 6.45) is 1.69. The Balaban J connectivity index is 1.70. The highest BCUT2D eigenvalue weighted by atomic mass is 19.1. The quantitative estimate of drug-likeness (QED) is 0.523. The molecule has 0 saturated carbocycles. The second-order valence-electron chi connectivity index (χ2n) is 6.58. The summed E-state index contributed by atoms with van der Waals surface area (Å²) in [4.78, 5) is 14.7. The van der Waals surface area contributed by atoms with Crippen molar-refractivity contribution in [2.24, 2.45) is 0 Å². The molecule has 1 amide bonds. The van der Waals surface area contributed by atoms with Crippen LogP contribution >= 0.6 is 0 Å². The van der Waals surface area contributed by atoms with E-state index in [2.05, 4.69) is 11.9 Å². The van der Waals surface area contributed by atoms with E-state index in [4.69, 9.17) is 4.74 Å². The lowest BCUT2D eigenvalue weighted by Gasteiger charge is -2.20. The van der Waals surface area contributed by atoms with Crippen molar-refractivity contribution < 1.29 is 13.9 Å². The second-order valence-corrected chi connectivity index (χ2v) is 6.58. The zero-order valence-corrected chi connectivity index (χ0v) is 16.3. The van der Waals surface area contributed by atoms with Gasteiger partial charge in [0.1, 0.15) is 18.2 Å². The minimum atomic E-state index is -0.305. The fourth-order valence-corrected chi connectivity index (χ4v) is 2.86. The van der Waals surface area contributed by atoms with Crippen LogP contribution in [0.3, 0.4) is 0 Å². The zero-order valence-electron chi connectivity index (χ0n) is 16.3. The van der Waals surface area contributed by atoms with Gasteiger partial charge in [-0.2, -0.15) is 0 Å². The Kier molecular flexibility index (Phi) is 6.63. The Morgan fingerprint density at radius 3 is 2.45 bits per heavy atom. The van der Waals surface area contributed by atoms with Gasteiger partial charge < -0.3 is 15.0 Å². The number of carbonyl (C=O) groups excluding carboxylic acids is 1. The lowest BCUT2D eigenvalue weighted by molar-refractivity contribution is 0.0786. The average molecular weight is 390 g/mol. The van der Waals surface area contributed by atoms with Crippen LogP contribution < -0.4 is 10.1 Å². The third-order valence-corrected chi connectivity index (χ3v) is 4.34. The number of benzene rings is 3. The smallest absolute Gasteiger partial charge is 0.256 e. The number of para-hydroxylation sites is 1. The van der Waals surface area contributed by atoms with Gasteiger partial charge in [0, 0.05) is 19.3 Å². The van der Waals surface area contributed by atoms with Gasteiger partial charge in [-0.25, -0.2) is 4.39 Å². The first-order valence-corrected chi connectivity index (χ1v) is 9.26. The van der Waals surface area contributed by atoms with Crippen molar-refractivity contribution in [2.75, 3.05) is 19.0 Å². The molecule has 148 valence electrons. The Labute approximate surface area is 170 Å². The van der Waals surface area contributed by atoms with Crippen molar-refractivity contribution in [3.8, 4) is 5.75 Å². The summed E-state index contributed by atoms with van der Waals surface area (Å²) < 4.78 is 18.6. The van der Waals surface area contributed by atoms with Crippen LogP contribution in [0.1, 0.15) is 15.9 Å². The molecule has 3 aromatic rings. The number of amides is 1. The van der Waals surface area contributed by atoms with Crippen LogP contribution in [0.2, 0.25) is 0 Å². The van der Waals surface area contributed by atoms with Crippen LogP contribution in [0, 0.1) is 5.82 Å². The second kappa shape index (κ2) is 9.55. The number of halogens is 1. The average Bonchev–Trinajstić information content (AvgIpc) is 2.75. The van der Waals surface area contributed by atoms with Gasteiger partial charge in [-0.3, -0.25) is 4.79 Å². The van der Waals surface area contributed by atoms with Crippen molar-refractivity contribution >= 4 is 17.3 Å². The van der Waals surface area contributed by atoms with Gasteiger partial charge in [0.25, 0.3) is 5.91 Å². The Morgan fingerprint density at radius 1 is 1.07 bits per heavy atom. The van der Waals surface area contributed by atoms with Gasteiger partial charge >= 0.3 is 0 Å². The SMILES string of the molecule is C=CCOc1ccc(CN(C)C(=O)c2ccccc2Nc2ccc(F)cc2)cc1. The number of rotatable bonds is 8. The lowest BCUT2D eigenvalue weighted by atomic mass is 10.1. The monoisotopic (exact) mass is 390 g/mol. The molecule has 0 spiro atoms. The van der Waals surface area contributed by atoms with Gasteiger partial charge in [0.15, 0.2) is 0 Å². The molecule has 3 aromatic carbocycles. The molecular weight excluding hydrogens is 367 g/mol. The molecule has 0 atom stereocenters. The van der Waals surface area contributed by atoms with Crippen LogP contribution in [-0.4, -0.2) is 24.5 Å². The number of hydrogen-bond donors (Lipinski definition) is 1. The molecule has 1 N–H and O–H groups in total. The van der Waals surface area contributed by atoms with Crippen molar-refractivity contribution in [2.45, 2.75) is 6.54 Å². The van der Waals surface area contributed by atoms with E-state index in [0.29, 0.717) is 30.1 Å². The van der Waals surface area contributed by atoms with Gasteiger partial charge in [0.2, 0.25) is 0 Å². The number of nitrogens with one attached hydrogen (secondary N) is 1. The van der Waals surface area contributed by atoms with Crippen LogP contribution in [-0.2, 0) is 6.54 Å². The van der Waals surface area contributed by atoms with Gasteiger partial charge in [-0.15, -0.1) is 0 Å². The molecule has 0 unspecified atom stereocenters. The van der Waals surface area contributed by atoms with Gasteiger partial charge in [0.05, 0.1) is 11.3 Å². The summed E-state index contributed by atoms with van der Waals surface area (Å²) in [6.45, 7) is 4.54. The maximum Gasteiger partial charge on any atom is 0.256 e. The van der Waals surface area contributed by atoms with Crippen LogP contribution in [0.15, 0.2) is 85.5 Å². The summed E-state index contributed by atoms with van der Waals surface area (Å²) in [6, 6.07) is 20.9. The summed E-state index contributed by atoms with van der Waals surface area (Å²) in [5, 5.41) is 3.19. The molecule has 0 bridgehead atoms. The topological polar surface area (TPSA) is 41.6 Å². The number of anilines is 2. The van der Waals surface area contributed by atoms with Gasteiger partial charge in [-0.1, -0.05) is 36.9 Å². The maximum atomic E-state index is 13.1. The van der Waals surface area contributed by atoms with E-state index in [-0.39, 0.29) is 11.7 Å². The fraction of sp³-hybridized carbons (Fsp3) is 0.125. The third-order valence-electron chi connectivity index (χ3n) is 4.34. The van der Waals surface area contributed by atoms with Crippen LogP contribution in [0.4, 0.5) is 15.8 Å². The van der Waals surface area contributed by atoms with E-state index in [1.807, 2.05) is 42.5 Å². The molecule has 4 nitrogen and oxygen atoms in total. The van der Waals surface area contributed by atoms with E-state index < -0.39 is 0 Å². The fourth-order valence-electron chi connectivity index (χ4n) is 2.86. The first-order chi connectivity index (χ1) is 14.1. The molecule has 0 aliphatic heterocycles. The minimum absolute atomic E-state index is 0.109. The summed E-state index contributed by atoms with van der Waals surface area (Å²) >= 11 is 0. The van der Waals surface area contributed by atoms with Crippen molar-refractivity contribution in [3.63, 3.8) is 0 Å². The largest absolute Gasteiger partial charge is 0.490 e. The zero-order chi connectivity index (χ0) is 20.6. The van der Waals surface area contributed by atoms with Crippen LogP contribution in [0.25, 0.3) is 0 Å². The van der Waals surface area contributed by atoms with Crippen molar-refractivity contribution in [1.29, 1.82) is 0 Å². The molecule has 3 rings (SSSR count). The predicted molar refractivity (Wildman–Crippen MR) is 114 cm³/mol. The molecule has 0 radical (unpaired) electrons. The van der Waals surface area contributed by atoms with Crippen molar-refractivity contribution in [3.05, 3.63) is 102 Å². The number of nitrogens with zero attached hydrogens (tertiary/aromatic N) is 1. The van der Waals surface area contributed by atoms with E-state index in [1.54, 1.807) is 36.2 Å². The standard InChI is InChI=1S/C24H23FN2O2/c1-3-16-29-21-14-8-18(9-15-21)17-27(2)24(28)22-6-4-5-7-23(22)26-20-12-10-19(25)11-13-20/h3-15,26H,1,16-17H2,2H3. The van der Waals surface area contributed by atoms with E-state index in [0.717, 1.165) is 11.3 Å². The lowest BCUT2D eigenvalue weighted by Crippen LogP contribution is -2.26. The normalized spacial score (nSPS) is 10.3. The third kappa shape index (κ3) is 5.45. The number of ether oxygens (including phenoxy) is 1. The van der Waals surface area contributed by atoms with E-state index in [1.165, 1.54) is 12.1 Å². The highest BCUT2D eigenvalue weighted by molar-refractivity contribution is 6.00. The predicted octanol–water partition coefficient (Wildman–Crippen LogP) is 5.41. The molecule has 0 aliphatic rings. The van der Waals surface area contributed by atoms with Gasteiger partial charge in [-0.05, 0) is 54.1 Å². The summed E-state index contributed by atoms with van der Waals surface area (Å²) in [5.41, 5.74) is 2.93. The Hall–Kier alpha value is -3.60. The first kappa shape index (κ1) is 20.1. The highest BCUT2D eigenvalue weighted by Crippen LogP contribution is 2.23. The minimum Gasteiger partial charge on any atom is -0.490 e. The maximum absolute atomic E-state index is 13.1. The van der Waals surface area contributed by atoms with E-state index >= 15 is 0 Å². The van der Waals surface area contributed by atoms with Crippen LogP contribution in [0.5, 0.6) is 5.75 Å². The molecule has 0 fully saturated rings. The molecule has 5 heteroatoms. The summed E-state index contributed by atoms with van der Waals surface area (Å²) in [7, 11) is 1.76. The molecule has 0 aromatic heterocycles. The highest BCUT2D eigenvalue weighted by Gasteiger charge is 2.16. The molecule has 0 heterocycles. The Bertz CT molecular complexity index is 969. The first-order valence-electron chi connectivity index (χ1n) is 9.26. The van der Waals surface area contributed by atoms with Crippen molar-refractivity contribution in [1.82, 2.24) is 4.90 Å². The molecular formula is C24H23FN2O2. The number of carbonyl (C=O) groups is 1. The molecule has 0 aliphatic carbocycles. The molecule has 0 saturated heterocycles.